The predicted molar refractivity (Wildman–Crippen MR) is 66.9 cm³/mol. The second-order valence-corrected chi connectivity index (χ2v) is 3.94. The fourth-order valence-corrected chi connectivity index (χ4v) is 1.56. The molecule has 2 heterocycles. The van der Waals surface area contributed by atoms with E-state index < -0.39 is 0 Å². The van der Waals surface area contributed by atoms with E-state index in [-0.39, 0.29) is 5.91 Å². The average Bonchev–Trinajstić information content (AvgIpc) is 2.46. The Bertz CT molecular complexity index is 501. The molecule has 2 aromatic rings. The third-order valence-electron chi connectivity index (χ3n) is 2.62. The number of pyridine rings is 1. The maximum absolute atomic E-state index is 12.0. The number of rotatable bonds is 4. The highest BCUT2D eigenvalue weighted by Gasteiger charge is 2.12. The SMILES string of the molecule is CN(CCc1ccncc1)C(=O)c1cccnn1. The Labute approximate surface area is 105 Å². The van der Waals surface area contributed by atoms with E-state index in [0.29, 0.717) is 12.2 Å². The number of carbonyl (C=O) groups excluding carboxylic acids is 1. The van der Waals surface area contributed by atoms with Crippen molar-refractivity contribution in [3.63, 3.8) is 0 Å². The van der Waals surface area contributed by atoms with Crippen LogP contribution < -0.4 is 0 Å². The standard InChI is InChI=1S/C13H14N4O/c1-17(10-6-11-4-8-14-9-5-11)13(18)12-3-2-7-15-16-12/h2-5,7-9H,6,10H2,1H3. The summed E-state index contributed by atoms with van der Waals surface area (Å²) < 4.78 is 0. The molecule has 0 N–H and O–H groups in total. The molecule has 5 heteroatoms. The molecule has 0 aliphatic carbocycles. The molecule has 0 bridgehead atoms. The van der Waals surface area contributed by atoms with Gasteiger partial charge in [-0.3, -0.25) is 9.78 Å². The third-order valence-corrected chi connectivity index (χ3v) is 2.62. The van der Waals surface area contributed by atoms with Crippen LogP contribution in [-0.2, 0) is 6.42 Å². The molecular weight excluding hydrogens is 228 g/mol. The van der Waals surface area contributed by atoms with Crippen LogP contribution in [0.25, 0.3) is 0 Å². The molecule has 0 fully saturated rings. The van der Waals surface area contributed by atoms with Crippen molar-refractivity contribution in [2.24, 2.45) is 0 Å². The fourth-order valence-electron chi connectivity index (χ4n) is 1.56. The van der Waals surface area contributed by atoms with Crippen LogP contribution in [0.15, 0.2) is 42.9 Å². The molecule has 0 saturated carbocycles. The van der Waals surface area contributed by atoms with Crippen LogP contribution in [0, 0.1) is 0 Å². The lowest BCUT2D eigenvalue weighted by atomic mass is 10.2. The molecule has 0 aliphatic rings. The number of likely N-dealkylation sites (N-methyl/N-ethyl adjacent to an activating group) is 1. The van der Waals surface area contributed by atoms with Crippen LogP contribution in [-0.4, -0.2) is 39.6 Å². The zero-order chi connectivity index (χ0) is 12.8. The molecule has 2 aromatic heterocycles. The van der Waals surface area contributed by atoms with Gasteiger partial charge < -0.3 is 4.90 Å². The van der Waals surface area contributed by atoms with Gasteiger partial charge in [0.2, 0.25) is 0 Å². The normalized spacial score (nSPS) is 10.1. The average molecular weight is 242 g/mol. The minimum atomic E-state index is -0.114. The first-order valence-corrected chi connectivity index (χ1v) is 5.69. The first kappa shape index (κ1) is 12.2. The van der Waals surface area contributed by atoms with Gasteiger partial charge in [0.25, 0.3) is 5.91 Å². The van der Waals surface area contributed by atoms with E-state index in [9.17, 15) is 4.79 Å². The molecule has 0 spiro atoms. The van der Waals surface area contributed by atoms with Crippen LogP contribution in [0.5, 0.6) is 0 Å². The van der Waals surface area contributed by atoms with Crippen LogP contribution in [0.1, 0.15) is 16.1 Å². The van der Waals surface area contributed by atoms with E-state index >= 15 is 0 Å². The molecule has 0 saturated heterocycles. The Kier molecular flexibility index (Phi) is 3.96. The van der Waals surface area contributed by atoms with E-state index in [4.69, 9.17) is 0 Å². The highest BCUT2D eigenvalue weighted by atomic mass is 16.2. The highest BCUT2D eigenvalue weighted by Crippen LogP contribution is 2.02. The summed E-state index contributed by atoms with van der Waals surface area (Å²) in [4.78, 5) is 17.6. The van der Waals surface area contributed by atoms with Gasteiger partial charge in [0.05, 0.1) is 0 Å². The Morgan fingerprint density at radius 2 is 2.00 bits per heavy atom. The van der Waals surface area contributed by atoms with Gasteiger partial charge in [0.15, 0.2) is 5.69 Å². The van der Waals surface area contributed by atoms with Gasteiger partial charge in [-0.2, -0.15) is 5.10 Å². The minimum absolute atomic E-state index is 0.114. The summed E-state index contributed by atoms with van der Waals surface area (Å²) in [5.41, 5.74) is 1.53. The van der Waals surface area contributed by atoms with Crippen molar-refractivity contribution < 1.29 is 4.79 Å². The molecule has 0 aromatic carbocycles. The molecule has 5 nitrogen and oxygen atoms in total. The van der Waals surface area contributed by atoms with Crippen molar-refractivity contribution >= 4 is 5.91 Å². The minimum Gasteiger partial charge on any atom is -0.340 e. The lowest BCUT2D eigenvalue weighted by molar-refractivity contribution is 0.0789. The van der Waals surface area contributed by atoms with Gasteiger partial charge in [-0.25, -0.2) is 0 Å². The monoisotopic (exact) mass is 242 g/mol. The van der Waals surface area contributed by atoms with Crippen molar-refractivity contribution in [3.8, 4) is 0 Å². The van der Waals surface area contributed by atoms with E-state index in [0.717, 1.165) is 12.0 Å². The van der Waals surface area contributed by atoms with Crippen LogP contribution >= 0.6 is 0 Å². The van der Waals surface area contributed by atoms with Gasteiger partial charge >= 0.3 is 0 Å². The van der Waals surface area contributed by atoms with E-state index in [1.54, 1.807) is 42.7 Å². The van der Waals surface area contributed by atoms with Crippen molar-refractivity contribution in [1.82, 2.24) is 20.1 Å². The zero-order valence-corrected chi connectivity index (χ0v) is 10.2. The molecule has 0 aliphatic heterocycles. The number of hydrogen-bond acceptors (Lipinski definition) is 4. The van der Waals surface area contributed by atoms with Gasteiger partial charge in [-0.1, -0.05) is 0 Å². The van der Waals surface area contributed by atoms with E-state index in [1.807, 2.05) is 12.1 Å². The van der Waals surface area contributed by atoms with Gasteiger partial charge in [0, 0.05) is 32.2 Å². The van der Waals surface area contributed by atoms with Gasteiger partial charge in [0.1, 0.15) is 0 Å². The summed E-state index contributed by atoms with van der Waals surface area (Å²) in [6.45, 7) is 0.638. The molecule has 2 rings (SSSR count). The van der Waals surface area contributed by atoms with Crippen LogP contribution in [0.3, 0.4) is 0 Å². The Morgan fingerprint density at radius 1 is 1.22 bits per heavy atom. The molecule has 0 unspecified atom stereocenters. The summed E-state index contributed by atoms with van der Waals surface area (Å²) in [6.07, 6.45) is 5.85. The van der Waals surface area contributed by atoms with Gasteiger partial charge in [-0.15, -0.1) is 5.10 Å². The summed E-state index contributed by atoms with van der Waals surface area (Å²) in [5, 5.41) is 7.50. The smallest absolute Gasteiger partial charge is 0.274 e. The lowest BCUT2D eigenvalue weighted by Gasteiger charge is -2.16. The zero-order valence-electron chi connectivity index (χ0n) is 10.2. The van der Waals surface area contributed by atoms with Crippen molar-refractivity contribution in [3.05, 3.63) is 54.1 Å². The molecular formula is C13H14N4O. The first-order valence-electron chi connectivity index (χ1n) is 5.69. The number of hydrogen-bond donors (Lipinski definition) is 0. The Morgan fingerprint density at radius 3 is 2.67 bits per heavy atom. The van der Waals surface area contributed by atoms with Crippen molar-refractivity contribution in [1.29, 1.82) is 0 Å². The quantitative estimate of drug-likeness (QED) is 0.808. The van der Waals surface area contributed by atoms with Gasteiger partial charge in [-0.05, 0) is 36.2 Å². The first-order chi connectivity index (χ1) is 8.77. The maximum atomic E-state index is 12.0. The highest BCUT2D eigenvalue weighted by molar-refractivity contribution is 5.91. The van der Waals surface area contributed by atoms with E-state index in [1.165, 1.54) is 0 Å². The fraction of sp³-hybridized carbons (Fsp3) is 0.231. The molecule has 1 amide bonds. The molecule has 18 heavy (non-hydrogen) atoms. The van der Waals surface area contributed by atoms with E-state index in [2.05, 4.69) is 15.2 Å². The maximum Gasteiger partial charge on any atom is 0.274 e. The van der Waals surface area contributed by atoms with Crippen LogP contribution in [0.2, 0.25) is 0 Å². The summed E-state index contributed by atoms with van der Waals surface area (Å²) in [7, 11) is 1.76. The second kappa shape index (κ2) is 5.86. The molecule has 0 atom stereocenters. The number of aromatic nitrogens is 3. The number of nitrogens with zero attached hydrogens (tertiary/aromatic N) is 4. The number of amides is 1. The topological polar surface area (TPSA) is 59.0 Å². The van der Waals surface area contributed by atoms with Crippen LogP contribution in [0.4, 0.5) is 0 Å². The summed E-state index contributed by atoms with van der Waals surface area (Å²) in [5.74, 6) is -0.114. The largest absolute Gasteiger partial charge is 0.340 e. The van der Waals surface area contributed by atoms with Crippen molar-refractivity contribution in [2.45, 2.75) is 6.42 Å². The second-order valence-electron chi connectivity index (χ2n) is 3.94. The Balaban J connectivity index is 1.93. The molecule has 0 radical (unpaired) electrons. The summed E-state index contributed by atoms with van der Waals surface area (Å²) >= 11 is 0. The van der Waals surface area contributed by atoms with Crippen molar-refractivity contribution in [2.75, 3.05) is 13.6 Å². The Hall–Kier alpha value is -2.30. The third kappa shape index (κ3) is 3.10. The number of carbonyl (C=O) groups is 1. The lowest BCUT2D eigenvalue weighted by Crippen LogP contribution is -2.29. The molecule has 92 valence electrons. The summed E-state index contributed by atoms with van der Waals surface area (Å²) in [6, 6.07) is 7.26. The predicted octanol–water partition coefficient (Wildman–Crippen LogP) is 1.19.